The molecule has 0 N–H and O–H groups in total. The van der Waals surface area contributed by atoms with Gasteiger partial charge in [-0.2, -0.15) is 16.8 Å². The van der Waals surface area contributed by atoms with Gasteiger partial charge in [0.2, 0.25) is 0 Å². The maximum atomic E-state index is 11.0. The van der Waals surface area contributed by atoms with Crippen LogP contribution in [0.5, 0.6) is 0 Å². The number of rotatable bonds is 6. The Bertz CT molecular complexity index is 474. The standard InChI is InChI=1S/C8H14Br2O6S2/c1-5(15-17(3,11)12)7(9)8(10)6(2)16-18(4,13)14/h5-6H,1-4H3/b8-7-. The molecule has 0 saturated carbocycles. The van der Waals surface area contributed by atoms with E-state index in [0.29, 0.717) is 8.96 Å². The van der Waals surface area contributed by atoms with Gasteiger partial charge in [-0.1, -0.05) is 31.9 Å². The van der Waals surface area contributed by atoms with Crippen molar-refractivity contribution in [3.63, 3.8) is 0 Å². The predicted molar refractivity (Wildman–Crippen MR) is 75.7 cm³/mol. The second-order valence-electron chi connectivity index (χ2n) is 3.58. The van der Waals surface area contributed by atoms with E-state index in [2.05, 4.69) is 31.9 Å². The first kappa shape index (κ1) is 18.5. The van der Waals surface area contributed by atoms with E-state index in [1.165, 1.54) is 13.8 Å². The van der Waals surface area contributed by atoms with Gasteiger partial charge in [0.05, 0.1) is 12.5 Å². The van der Waals surface area contributed by atoms with Crippen LogP contribution in [0.3, 0.4) is 0 Å². The van der Waals surface area contributed by atoms with E-state index in [-0.39, 0.29) is 0 Å². The summed E-state index contributed by atoms with van der Waals surface area (Å²) in [4.78, 5) is 0. The van der Waals surface area contributed by atoms with Gasteiger partial charge in [0, 0.05) is 8.96 Å². The van der Waals surface area contributed by atoms with Gasteiger partial charge in [-0.3, -0.25) is 8.37 Å². The highest BCUT2D eigenvalue weighted by Gasteiger charge is 2.21. The minimum absolute atomic E-state index is 0.351. The number of hydrogen-bond acceptors (Lipinski definition) is 6. The Morgan fingerprint density at radius 2 is 1.06 bits per heavy atom. The van der Waals surface area contributed by atoms with Crippen LogP contribution in [-0.4, -0.2) is 41.6 Å². The van der Waals surface area contributed by atoms with E-state index in [1.54, 1.807) is 0 Å². The molecule has 108 valence electrons. The molecule has 0 aromatic rings. The molecule has 0 aliphatic carbocycles. The van der Waals surface area contributed by atoms with Gasteiger partial charge >= 0.3 is 0 Å². The Balaban J connectivity index is 5.01. The molecule has 0 fully saturated rings. The van der Waals surface area contributed by atoms with Crippen LogP contribution in [0.1, 0.15) is 13.8 Å². The summed E-state index contributed by atoms with van der Waals surface area (Å²) in [6.45, 7) is 3.00. The third kappa shape index (κ3) is 7.85. The molecule has 0 bridgehead atoms. The minimum Gasteiger partial charge on any atom is -0.262 e. The van der Waals surface area contributed by atoms with Gasteiger partial charge in [0.15, 0.2) is 0 Å². The first-order valence-electron chi connectivity index (χ1n) is 4.65. The lowest BCUT2D eigenvalue weighted by Gasteiger charge is -2.16. The van der Waals surface area contributed by atoms with Gasteiger partial charge < -0.3 is 0 Å². The molecule has 2 unspecified atom stereocenters. The first-order chi connectivity index (χ1) is 7.83. The molecule has 6 nitrogen and oxygen atoms in total. The van der Waals surface area contributed by atoms with Gasteiger partial charge in [0.25, 0.3) is 20.2 Å². The Labute approximate surface area is 124 Å². The van der Waals surface area contributed by atoms with Crippen molar-refractivity contribution in [1.29, 1.82) is 0 Å². The molecule has 0 amide bonds. The molecule has 0 heterocycles. The highest BCUT2D eigenvalue weighted by Crippen LogP contribution is 2.28. The molecule has 2 atom stereocenters. The average molecular weight is 430 g/mol. The highest BCUT2D eigenvalue weighted by atomic mass is 79.9. The molecule has 18 heavy (non-hydrogen) atoms. The van der Waals surface area contributed by atoms with E-state index in [1.807, 2.05) is 0 Å². The van der Waals surface area contributed by atoms with Gasteiger partial charge in [-0.15, -0.1) is 0 Å². The van der Waals surface area contributed by atoms with Crippen LogP contribution in [0.2, 0.25) is 0 Å². The van der Waals surface area contributed by atoms with Gasteiger partial charge in [-0.05, 0) is 13.8 Å². The number of halogens is 2. The maximum absolute atomic E-state index is 11.0. The van der Waals surface area contributed by atoms with Crippen molar-refractivity contribution in [3.05, 3.63) is 8.96 Å². The summed E-state index contributed by atoms with van der Waals surface area (Å²) in [5.74, 6) is 0. The lowest BCUT2D eigenvalue weighted by Crippen LogP contribution is -2.19. The topological polar surface area (TPSA) is 86.7 Å². The maximum Gasteiger partial charge on any atom is 0.264 e. The first-order valence-corrected chi connectivity index (χ1v) is 9.87. The van der Waals surface area contributed by atoms with E-state index in [4.69, 9.17) is 8.37 Å². The Morgan fingerprint density at radius 3 is 1.22 bits per heavy atom. The quantitative estimate of drug-likeness (QED) is 0.597. The van der Waals surface area contributed by atoms with Crippen molar-refractivity contribution in [2.45, 2.75) is 26.1 Å². The molecule has 0 aliphatic heterocycles. The van der Waals surface area contributed by atoms with Crippen molar-refractivity contribution in [2.75, 3.05) is 12.5 Å². The third-order valence-corrected chi connectivity index (χ3v) is 5.53. The van der Waals surface area contributed by atoms with E-state index < -0.39 is 32.4 Å². The molecule has 0 radical (unpaired) electrons. The Kier molecular flexibility index (Phi) is 6.99. The zero-order chi connectivity index (χ0) is 14.7. The molecule has 10 heteroatoms. The van der Waals surface area contributed by atoms with Crippen molar-refractivity contribution >= 4 is 52.1 Å². The smallest absolute Gasteiger partial charge is 0.262 e. The van der Waals surface area contributed by atoms with Crippen LogP contribution in [0.25, 0.3) is 0 Å². The summed E-state index contributed by atoms with van der Waals surface area (Å²) in [6, 6.07) is 0. The van der Waals surface area contributed by atoms with Crippen molar-refractivity contribution in [3.8, 4) is 0 Å². The normalized spacial score (nSPS) is 18.1. The lowest BCUT2D eigenvalue weighted by molar-refractivity contribution is 0.258. The van der Waals surface area contributed by atoms with Crippen LogP contribution in [-0.2, 0) is 28.6 Å². The molecule has 0 saturated heterocycles. The van der Waals surface area contributed by atoms with Crippen LogP contribution in [0.15, 0.2) is 8.96 Å². The van der Waals surface area contributed by atoms with E-state index in [0.717, 1.165) is 12.5 Å². The third-order valence-electron chi connectivity index (χ3n) is 1.58. The fraction of sp³-hybridized carbons (Fsp3) is 0.750. The lowest BCUT2D eigenvalue weighted by atomic mass is 10.3. The summed E-state index contributed by atoms with van der Waals surface area (Å²) in [7, 11) is -7.21. The van der Waals surface area contributed by atoms with E-state index >= 15 is 0 Å². The van der Waals surface area contributed by atoms with Crippen molar-refractivity contribution in [1.82, 2.24) is 0 Å². The molecular weight excluding hydrogens is 416 g/mol. The van der Waals surface area contributed by atoms with Crippen molar-refractivity contribution < 1.29 is 25.2 Å². The van der Waals surface area contributed by atoms with Gasteiger partial charge in [0.1, 0.15) is 12.2 Å². The average Bonchev–Trinajstić information content (AvgIpc) is 2.09. The molecule has 0 aromatic carbocycles. The summed E-state index contributed by atoms with van der Waals surface area (Å²) in [6.07, 6.45) is 0.266. The zero-order valence-corrected chi connectivity index (χ0v) is 15.0. The Hall–Kier alpha value is 0.520. The second kappa shape index (κ2) is 6.80. The molecular formula is C8H14Br2O6S2. The predicted octanol–water partition coefficient (Wildman–Crippen LogP) is 1.72. The van der Waals surface area contributed by atoms with Crippen LogP contribution in [0, 0.1) is 0 Å². The molecule has 0 rings (SSSR count). The van der Waals surface area contributed by atoms with Crippen LogP contribution < -0.4 is 0 Å². The summed E-state index contributed by atoms with van der Waals surface area (Å²) < 4.78 is 54.0. The Morgan fingerprint density at radius 1 is 0.833 bits per heavy atom. The number of hydrogen-bond donors (Lipinski definition) is 0. The van der Waals surface area contributed by atoms with E-state index in [9.17, 15) is 16.8 Å². The summed E-state index contributed by atoms with van der Waals surface area (Å²) in [5, 5.41) is 0. The monoisotopic (exact) mass is 428 g/mol. The SMILES string of the molecule is CC(OS(C)(=O)=O)/C(Br)=C(/Br)C(C)OS(C)(=O)=O. The molecule has 0 aromatic heterocycles. The largest absolute Gasteiger partial charge is 0.264 e. The molecule has 0 spiro atoms. The van der Waals surface area contributed by atoms with Crippen LogP contribution in [0.4, 0.5) is 0 Å². The fourth-order valence-electron chi connectivity index (χ4n) is 0.997. The zero-order valence-electron chi connectivity index (χ0n) is 10.2. The summed E-state index contributed by atoms with van der Waals surface area (Å²) in [5.41, 5.74) is 0. The van der Waals surface area contributed by atoms with Crippen molar-refractivity contribution in [2.24, 2.45) is 0 Å². The summed E-state index contributed by atoms with van der Waals surface area (Å²) >= 11 is 6.28. The van der Waals surface area contributed by atoms with Gasteiger partial charge in [-0.25, -0.2) is 0 Å². The highest BCUT2D eigenvalue weighted by molar-refractivity contribution is 9.14. The minimum atomic E-state index is -3.61. The fourth-order valence-corrected chi connectivity index (χ4v) is 3.32. The second-order valence-corrected chi connectivity index (χ2v) is 8.49. The van der Waals surface area contributed by atoms with Crippen LogP contribution >= 0.6 is 31.9 Å². The molecule has 0 aliphatic rings.